The van der Waals surface area contributed by atoms with Crippen LogP contribution in [0.5, 0.6) is 0 Å². The van der Waals surface area contributed by atoms with Gasteiger partial charge in [-0.25, -0.2) is 0 Å². The third-order valence-electron chi connectivity index (χ3n) is 11.5. The molecule has 0 fully saturated rings. The quantitative estimate of drug-likeness (QED) is 0.179. The van der Waals surface area contributed by atoms with Gasteiger partial charge in [0.15, 0.2) is 0 Å². The van der Waals surface area contributed by atoms with Crippen LogP contribution < -0.4 is 4.90 Å². The summed E-state index contributed by atoms with van der Waals surface area (Å²) < 4.78 is 0. The highest BCUT2D eigenvalue weighted by Crippen LogP contribution is 2.64. The third kappa shape index (κ3) is 4.44. The van der Waals surface area contributed by atoms with Crippen molar-refractivity contribution < 1.29 is 0 Å². The number of anilines is 3. The monoisotopic (exact) mass is 686 g/mol. The van der Waals surface area contributed by atoms with E-state index in [9.17, 15) is 0 Å². The molecule has 2 aliphatic carbocycles. The van der Waals surface area contributed by atoms with E-state index in [4.69, 9.17) is 0 Å². The molecule has 252 valence electrons. The zero-order valence-electron chi connectivity index (χ0n) is 29.5. The molecule has 0 N–H and O–H groups in total. The van der Waals surface area contributed by atoms with Crippen molar-refractivity contribution in [3.63, 3.8) is 0 Å². The van der Waals surface area contributed by atoms with Crippen molar-refractivity contribution >= 4 is 27.8 Å². The Morgan fingerprint density at radius 1 is 0.352 bits per heavy atom. The second-order valence-corrected chi connectivity index (χ2v) is 14.3. The normalized spacial score (nSPS) is 14.7. The molecule has 1 aromatic heterocycles. The van der Waals surface area contributed by atoms with Crippen molar-refractivity contribution in [2.45, 2.75) is 5.41 Å². The number of aromatic nitrogens is 1. The molecule has 0 amide bonds. The first-order chi connectivity index (χ1) is 26.8. The summed E-state index contributed by atoms with van der Waals surface area (Å²) in [6.07, 6.45) is 3.74. The van der Waals surface area contributed by atoms with Crippen molar-refractivity contribution in [2.75, 3.05) is 4.90 Å². The summed E-state index contributed by atoms with van der Waals surface area (Å²) in [6.45, 7) is 0. The fraction of sp³-hybridized carbons (Fsp3) is 0.0192. The van der Waals surface area contributed by atoms with Gasteiger partial charge in [-0.3, -0.25) is 4.98 Å². The maximum atomic E-state index is 4.44. The average Bonchev–Trinajstić information content (AvgIpc) is 3.71. The van der Waals surface area contributed by atoms with Gasteiger partial charge in [-0.15, -0.1) is 0 Å². The lowest BCUT2D eigenvalue weighted by molar-refractivity contribution is 0.797. The first kappa shape index (κ1) is 30.6. The van der Waals surface area contributed by atoms with Crippen molar-refractivity contribution in [3.8, 4) is 44.5 Å². The SMILES string of the molecule is c1ccc(N(c2cccnc2)c2cccc(-c3ccc(-c4cccc5c4C4(c6ccccc6-c6cc7ccccc7cc64)c4ccccc4-5)cc3)c2)cc1. The van der Waals surface area contributed by atoms with Gasteiger partial charge in [0.1, 0.15) is 0 Å². The lowest BCUT2D eigenvalue weighted by Gasteiger charge is -2.32. The van der Waals surface area contributed by atoms with Gasteiger partial charge in [-0.2, -0.15) is 0 Å². The Bertz CT molecular complexity index is 2840. The van der Waals surface area contributed by atoms with Crippen molar-refractivity contribution in [1.82, 2.24) is 4.98 Å². The van der Waals surface area contributed by atoms with Crippen molar-refractivity contribution in [3.05, 3.63) is 229 Å². The molecule has 0 saturated heterocycles. The van der Waals surface area contributed by atoms with Crippen LogP contribution in [0.15, 0.2) is 207 Å². The molecule has 0 bridgehead atoms. The first-order valence-corrected chi connectivity index (χ1v) is 18.6. The number of rotatable bonds is 5. The summed E-state index contributed by atoms with van der Waals surface area (Å²) in [4.78, 5) is 6.70. The van der Waals surface area contributed by atoms with E-state index in [0.29, 0.717) is 0 Å². The van der Waals surface area contributed by atoms with Crippen LogP contribution in [0.3, 0.4) is 0 Å². The minimum Gasteiger partial charge on any atom is -0.309 e. The molecule has 1 atom stereocenters. The lowest BCUT2D eigenvalue weighted by Crippen LogP contribution is -2.26. The van der Waals surface area contributed by atoms with Crippen molar-refractivity contribution in [2.24, 2.45) is 0 Å². The largest absolute Gasteiger partial charge is 0.309 e. The van der Waals surface area contributed by atoms with Crippen LogP contribution in [0.1, 0.15) is 22.3 Å². The zero-order chi connectivity index (χ0) is 35.6. The lowest BCUT2D eigenvalue weighted by atomic mass is 9.68. The van der Waals surface area contributed by atoms with E-state index in [1.54, 1.807) is 0 Å². The van der Waals surface area contributed by atoms with Gasteiger partial charge in [0, 0.05) is 17.6 Å². The number of para-hydroxylation sites is 1. The Morgan fingerprint density at radius 3 is 1.70 bits per heavy atom. The summed E-state index contributed by atoms with van der Waals surface area (Å²) in [6, 6.07) is 71.3. The highest BCUT2D eigenvalue weighted by molar-refractivity contribution is 6.02. The Morgan fingerprint density at radius 2 is 0.944 bits per heavy atom. The summed E-state index contributed by atoms with van der Waals surface area (Å²) in [5, 5.41) is 2.54. The second-order valence-electron chi connectivity index (χ2n) is 14.3. The predicted molar refractivity (Wildman–Crippen MR) is 224 cm³/mol. The van der Waals surface area contributed by atoms with Crippen LogP contribution in [0.2, 0.25) is 0 Å². The Kier molecular flexibility index (Phi) is 6.80. The molecule has 54 heavy (non-hydrogen) atoms. The molecule has 0 aliphatic heterocycles. The maximum Gasteiger partial charge on any atom is 0.0731 e. The molecule has 2 aliphatic rings. The number of fused-ring (bicyclic) bond motifs is 11. The van der Waals surface area contributed by atoms with Crippen LogP contribution in [0.25, 0.3) is 55.3 Å². The van der Waals surface area contributed by atoms with Crippen molar-refractivity contribution in [1.29, 1.82) is 0 Å². The standard InChI is InChI=1S/C52H34N2/c1-2-16-40(17-3-1)54(42-19-12-30-53-34-42)41-18-10-15-37(31-41)35-26-28-36(29-27-35)43-22-11-23-46-44-20-6-8-24-48(44)52(51(43)46)49-25-9-7-21-45(49)47-32-38-13-4-5-14-39(38)33-50(47)52/h1-34H. The Hall–Kier alpha value is -7.03. The molecule has 8 aromatic carbocycles. The smallest absolute Gasteiger partial charge is 0.0731 e. The topological polar surface area (TPSA) is 16.1 Å². The number of hydrogen-bond donors (Lipinski definition) is 0. The molecule has 9 aromatic rings. The van der Waals surface area contributed by atoms with Gasteiger partial charge in [-0.05, 0) is 126 Å². The molecule has 1 heterocycles. The Balaban J connectivity index is 1.07. The van der Waals surface area contributed by atoms with Gasteiger partial charge in [0.2, 0.25) is 0 Å². The molecule has 0 radical (unpaired) electrons. The Labute approximate surface area is 315 Å². The van der Waals surface area contributed by atoms with E-state index in [2.05, 4.69) is 198 Å². The fourth-order valence-electron chi connectivity index (χ4n) is 9.30. The summed E-state index contributed by atoms with van der Waals surface area (Å²) in [7, 11) is 0. The number of pyridine rings is 1. The average molecular weight is 687 g/mol. The molecular formula is C52H34N2. The minimum atomic E-state index is -0.432. The molecule has 2 heteroatoms. The second kappa shape index (κ2) is 12.0. The van der Waals surface area contributed by atoms with Crippen LogP contribution in [-0.4, -0.2) is 4.98 Å². The molecule has 1 unspecified atom stereocenters. The molecular weight excluding hydrogens is 653 g/mol. The van der Waals surface area contributed by atoms with Crippen LogP contribution in [-0.2, 0) is 5.41 Å². The maximum absolute atomic E-state index is 4.44. The van der Waals surface area contributed by atoms with E-state index in [-0.39, 0.29) is 0 Å². The van der Waals surface area contributed by atoms with E-state index < -0.39 is 5.41 Å². The first-order valence-electron chi connectivity index (χ1n) is 18.6. The molecule has 1 spiro atoms. The number of nitrogens with zero attached hydrogens (tertiary/aromatic N) is 2. The van der Waals surface area contributed by atoms with E-state index in [1.165, 1.54) is 72.0 Å². The van der Waals surface area contributed by atoms with Crippen LogP contribution in [0, 0.1) is 0 Å². The highest BCUT2D eigenvalue weighted by atomic mass is 15.1. The van der Waals surface area contributed by atoms with E-state index >= 15 is 0 Å². The minimum absolute atomic E-state index is 0.432. The third-order valence-corrected chi connectivity index (χ3v) is 11.5. The summed E-state index contributed by atoms with van der Waals surface area (Å²) in [5.41, 5.74) is 18.3. The molecule has 2 nitrogen and oxygen atoms in total. The summed E-state index contributed by atoms with van der Waals surface area (Å²) >= 11 is 0. The van der Waals surface area contributed by atoms with Crippen LogP contribution >= 0.6 is 0 Å². The fourth-order valence-corrected chi connectivity index (χ4v) is 9.30. The van der Waals surface area contributed by atoms with Gasteiger partial charge < -0.3 is 4.90 Å². The van der Waals surface area contributed by atoms with Gasteiger partial charge >= 0.3 is 0 Å². The van der Waals surface area contributed by atoms with E-state index in [0.717, 1.165) is 22.6 Å². The van der Waals surface area contributed by atoms with Gasteiger partial charge in [-0.1, -0.05) is 146 Å². The van der Waals surface area contributed by atoms with E-state index in [1.807, 2.05) is 18.5 Å². The predicted octanol–water partition coefficient (Wildman–Crippen LogP) is 13.4. The molecule has 0 saturated carbocycles. The van der Waals surface area contributed by atoms with Crippen LogP contribution in [0.4, 0.5) is 17.1 Å². The number of benzene rings is 8. The molecule has 11 rings (SSSR count). The van der Waals surface area contributed by atoms with Gasteiger partial charge in [0.05, 0.1) is 17.3 Å². The summed E-state index contributed by atoms with van der Waals surface area (Å²) in [5.74, 6) is 0. The number of hydrogen-bond acceptors (Lipinski definition) is 2. The van der Waals surface area contributed by atoms with Gasteiger partial charge in [0.25, 0.3) is 0 Å². The zero-order valence-corrected chi connectivity index (χ0v) is 29.5. The highest BCUT2D eigenvalue weighted by Gasteiger charge is 2.52.